The Hall–Kier alpha value is -4.78. The van der Waals surface area contributed by atoms with Crippen LogP contribution in [0.1, 0.15) is 63.5 Å². The Morgan fingerprint density at radius 2 is 0.953 bits per heavy atom. The summed E-state index contributed by atoms with van der Waals surface area (Å²) in [4.78, 5) is 25.0. The lowest BCUT2D eigenvalue weighted by atomic mass is 9.98. The van der Waals surface area contributed by atoms with Crippen LogP contribution >= 0.6 is 0 Å². The molecule has 0 aliphatic heterocycles. The minimum absolute atomic E-state index is 0.0773. The fourth-order valence-electron chi connectivity index (χ4n) is 4.51. The molecule has 0 aliphatic rings. The molecule has 0 saturated carbocycles. The molecule has 2 atom stereocenters. The van der Waals surface area contributed by atoms with Crippen molar-refractivity contribution in [1.82, 2.24) is 0 Å². The van der Waals surface area contributed by atoms with E-state index < -0.39 is 0 Å². The second-order valence-corrected chi connectivity index (χ2v) is 10.5. The van der Waals surface area contributed by atoms with E-state index in [4.69, 9.17) is 14.2 Å². The lowest BCUT2D eigenvalue weighted by Crippen LogP contribution is -2.20. The van der Waals surface area contributed by atoms with Crippen molar-refractivity contribution in [3.05, 3.63) is 108 Å². The molecule has 2 unspecified atom stereocenters. The van der Waals surface area contributed by atoms with E-state index in [9.17, 15) is 9.59 Å². The summed E-state index contributed by atoms with van der Waals surface area (Å²) in [7, 11) is 0. The first-order valence-electron chi connectivity index (χ1n) is 14.8. The van der Waals surface area contributed by atoms with Crippen LogP contribution < -0.4 is 24.8 Å². The van der Waals surface area contributed by atoms with Crippen molar-refractivity contribution in [3.63, 3.8) is 0 Å². The van der Waals surface area contributed by atoms with Crippen molar-refractivity contribution in [2.24, 2.45) is 0 Å². The van der Waals surface area contributed by atoms with E-state index in [2.05, 4.69) is 38.3 Å². The van der Waals surface area contributed by atoms with Gasteiger partial charge in [0.15, 0.2) is 13.2 Å². The molecule has 7 heteroatoms. The van der Waals surface area contributed by atoms with E-state index in [-0.39, 0.29) is 25.0 Å². The molecular weight excluding hydrogens is 540 g/mol. The van der Waals surface area contributed by atoms with E-state index in [1.165, 1.54) is 0 Å². The number of benzene rings is 4. The molecule has 0 radical (unpaired) electrons. The molecule has 0 fully saturated rings. The highest BCUT2D eigenvalue weighted by Gasteiger charge is 2.13. The number of rotatable bonds is 14. The molecule has 2 N–H and O–H groups in total. The highest BCUT2D eigenvalue weighted by molar-refractivity contribution is 5.92. The van der Waals surface area contributed by atoms with Gasteiger partial charge in [-0.1, -0.05) is 64.1 Å². The summed E-state index contributed by atoms with van der Waals surface area (Å²) in [6.07, 6.45) is 1.98. The van der Waals surface area contributed by atoms with Crippen molar-refractivity contribution < 1.29 is 23.8 Å². The lowest BCUT2D eigenvalue weighted by molar-refractivity contribution is -0.118. The number of hydrogen-bond acceptors (Lipinski definition) is 5. The maximum Gasteiger partial charge on any atom is 0.262 e. The Morgan fingerprint density at radius 3 is 1.33 bits per heavy atom. The molecular formula is C36H40N2O5. The van der Waals surface area contributed by atoms with Crippen LogP contribution in [0.5, 0.6) is 23.0 Å². The summed E-state index contributed by atoms with van der Waals surface area (Å²) in [6, 6.07) is 29.8. The highest BCUT2D eigenvalue weighted by Crippen LogP contribution is 2.30. The van der Waals surface area contributed by atoms with Crippen LogP contribution in [-0.2, 0) is 9.59 Å². The van der Waals surface area contributed by atoms with Gasteiger partial charge < -0.3 is 24.8 Å². The van der Waals surface area contributed by atoms with Gasteiger partial charge in [-0.05, 0) is 96.5 Å². The topological polar surface area (TPSA) is 85.9 Å². The van der Waals surface area contributed by atoms with Crippen molar-refractivity contribution >= 4 is 23.2 Å². The standard InChI is InChI=1S/C36H40N2O5/c1-5-25(3)31-11-7-9-13-33(31)41-23-35(39)37-27-15-19-29(20-16-27)43-30-21-17-28(18-22-30)38-36(40)24-42-34-14-10-8-12-32(34)26(4)6-2/h7-22,25-26H,5-6,23-24H2,1-4H3,(H,37,39)(H,38,40). The Morgan fingerprint density at radius 1 is 0.581 bits per heavy atom. The smallest absolute Gasteiger partial charge is 0.262 e. The van der Waals surface area contributed by atoms with Gasteiger partial charge in [-0.3, -0.25) is 9.59 Å². The Labute approximate surface area is 254 Å². The van der Waals surface area contributed by atoms with E-state index >= 15 is 0 Å². The summed E-state index contributed by atoms with van der Waals surface area (Å²) < 4.78 is 17.5. The van der Waals surface area contributed by atoms with Crippen LogP contribution in [0.2, 0.25) is 0 Å². The maximum atomic E-state index is 12.5. The molecule has 2 amide bonds. The van der Waals surface area contributed by atoms with Gasteiger partial charge in [0.2, 0.25) is 0 Å². The number of para-hydroxylation sites is 2. The van der Waals surface area contributed by atoms with Gasteiger partial charge in [-0.15, -0.1) is 0 Å². The fourth-order valence-corrected chi connectivity index (χ4v) is 4.51. The molecule has 4 aromatic carbocycles. The fraction of sp³-hybridized carbons (Fsp3) is 0.278. The number of carbonyl (C=O) groups excluding carboxylic acids is 2. The summed E-state index contributed by atoms with van der Waals surface area (Å²) in [5.74, 6) is 2.92. The quantitative estimate of drug-likeness (QED) is 0.156. The number of nitrogens with one attached hydrogen (secondary N) is 2. The van der Waals surface area contributed by atoms with Crippen LogP contribution in [0.4, 0.5) is 11.4 Å². The minimum Gasteiger partial charge on any atom is -0.483 e. The average Bonchev–Trinajstić information content (AvgIpc) is 3.04. The zero-order chi connectivity index (χ0) is 30.6. The number of hydrogen-bond donors (Lipinski definition) is 2. The zero-order valence-corrected chi connectivity index (χ0v) is 25.3. The Balaban J connectivity index is 1.23. The van der Waals surface area contributed by atoms with Crippen LogP contribution in [0.15, 0.2) is 97.1 Å². The molecule has 4 rings (SSSR count). The van der Waals surface area contributed by atoms with Gasteiger partial charge in [0.25, 0.3) is 11.8 Å². The zero-order valence-electron chi connectivity index (χ0n) is 25.3. The number of ether oxygens (including phenoxy) is 3. The molecule has 0 saturated heterocycles. The summed E-state index contributed by atoms with van der Waals surface area (Å²) in [5, 5.41) is 5.71. The van der Waals surface area contributed by atoms with Crippen molar-refractivity contribution in [3.8, 4) is 23.0 Å². The molecule has 224 valence electrons. The first-order chi connectivity index (χ1) is 20.9. The SMILES string of the molecule is CCC(C)c1ccccc1OCC(=O)Nc1ccc(Oc2ccc(NC(=O)COc3ccccc3C(C)CC)cc2)cc1. The van der Waals surface area contributed by atoms with Gasteiger partial charge in [0.05, 0.1) is 0 Å². The number of anilines is 2. The lowest BCUT2D eigenvalue weighted by Gasteiger charge is -2.15. The first-order valence-corrected chi connectivity index (χ1v) is 14.8. The third-order valence-electron chi connectivity index (χ3n) is 7.35. The first kappa shape index (κ1) is 31.2. The number of amides is 2. The van der Waals surface area contributed by atoms with Crippen molar-refractivity contribution in [2.75, 3.05) is 23.8 Å². The molecule has 43 heavy (non-hydrogen) atoms. The van der Waals surface area contributed by atoms with E-state index in [0.717, 1.165) is 35.5 Å². The van der Waals surface area contributed by atoms with Gasteiger partial charge in [-0.25, -0.2) is 0 Å². The second kappa shape index (κ2) is 15.4. The van der Waals surface area contributed by atoms with Gasteiger partial charge in [-0.2, -0.15) is 0 Å². The highest BCUT2D eigenvalue weighted by atomic mass is 16.5. The van der Waals surface area contributed by atoms with Gasteiger partial charge in [0, 0.05) is 11.4 Å². The molecule has 0 bridgehead atoms. The van der Waals surface area contributed by atoms with Crippen molar-refractivity contribution in [1.29, 1.82) is 0 Å². The van der Waals surface area contributed by atoms with E-state index in [0.29, 0.717) is 34.7 Å². The van der Waals surface area contributed by atoms with Gasteiger partial charge >= 0.3 is 0 Å². The summed E-state index contributed by atoms with van der Waals surface area (Å²) >= 11 is 0. The van der Waals surface area contributed by atoms with Crippen LogP contribution in [0.3, 0.4) is 0 Å². The average molecular weight is 581 g/mol. The molecule has 0 aliphatic carbocycles. The number of carbonyl (C=O) groups is 2. The molecule has 0 aromatic heterocycles. The summed E-state index contributed by atoms with van der Waals surface area (Å²) in [5.41, 5.74) is 3.48. The van der Waals surface area contributed by atoms with Gasteiger partial charge in [0.1, 0.15) is 23.0 Å². The molecule has 0 heterocycles. The molecule has 4 aromatic rings. The van der Waals surface area contributed by atoms with Crippen molar-refractivity contribution in [2.45, 2.75) is 52.4 Å². The van der Waals surface area contributed by atoms with E-state index in [1.54, 1.807) is 48.5 Å². The Bertz CT molecular complexity index is 1370. The minimum atomic E-state index is -0.240. The second-order valence-electron chi connectivity index (χ2n) is 10.5. The predicted octanol–water partition coefficient (Wildman–Crippen LogP) is 8.54. The normalized spacial score (nSPS) is 12.1. The molecule has 7 nitrogen and oxygen atoms in total. The largest absolute Gasteiger partial charge is 0.483 e. The third-order valence-corrected chi connectivity index (χ3v) is 7.35. The monoisotopic (exact) mass is 580 g/mol. The predicted molar refractivity (Wildman–Crippen MR) is 172 cm³/mol. The van der Waals surface area contributed by atoms with Crippen LogP contribution in [0, 0.1) is 0 Å². The van der Waals surface area contributed by atoms with Crippen LogP contribution in [0.25, 0.3) is 0 Å². The third kappa shape index (κ3) is 9.10. The van der Waals surface area contributed by atoms with Crippen LogP contribution in [-0.4, -0.2) is 25.0 Å². The summed E-state index contributed by atoms with van der Waals surface area (Å²) in [6.45, 7) is 8.39. The molecule has 0 spiro atoms. The van der Waals surface area contributed by atoms with E-state index in [1.807, 2.05) is 48.5 Å². The Kier molecular flexibility index (Phi) is 11.2. The maximum absolute atomic E-state index is 12.5.